The van der Waals surface area contributed by atoms with E-state index in [1.54, 1.807) is 0 Å². The maximum absolute atomic E-state index is 4.60. The number of nitrogens with zero attached hydrogens (tertiary/aromatic N) is 2. The second-order valence-corrected chi connectivity index (χ2v) is 4.78. The van der Waals surface area contributed by atoms with Crippen molar-refractivity contribution in [1.82, 2.24) is 15.6 Å². The maximum Gasteiger partial charge on any atom is 0.121 e. The van der Waals surface area contributed by atoms with Crippen molar-refractivity contribution in [3.05, 3.63) is 11.4 Å². The molecule has 0 spiro atoms. The van der Waals surface area contributed by atoms with E-state index < -0.39 is 0 Å². The number of rotatable bonds is 4. The van der Waals surface area contributed by atoms with Crippen LogP contribution in [0.4, 0.5) is 0 Å². The van der Waals surface area contributed by atoms with Crippen molar-refractivity contribution in [2.45, 2.75) is 40.7 Å². The molecule has 0 aliphatic rings. The molecule has 1 aromatic rings. The van der Waals surface area contributed by atoms with Crippen molar-refractivity contribution < 1.29 is 4.63 Å². The summed E-state index contributed by atoms with van der Waals surface area (Å²) in [6.45, 7) is 10.3. The van der Waals surface area contributed by atoms with Crippen LogP contribution in [0.2, 0.25) is 0 Å². The summed E-state index contributed by atoms with van der Waals surface area (Å²) in [7, 11) is 0. The Kier molecular flexibility index (Phi) is 3.63. The molecule has 0 aliphatic heterocycles. The minimum Gasteiger partial charge on any atom is -0.311 e. The molecule has 0 saturated heterocycles. The number of aromatic nitrogens is 2. The number of hydrogen-bond donors (Lipinski definition) is 1. The van der Waals surface area contributed by atoms with E-state index in [4.69, 9.17) is 0 Å². The molecule has 0 aromatic carbocycles. The van der Waals surface area contributed by atoms with E-state index >= 15 is 0 Å². The zero-order chi connectivity index (χ0) is 10.6. The normalized spacial score (nSPS) is 12.0. The molecule has 0 saturated carbocycles. The topological polar surface area (TPSA) is 51.0 Å². The lowest BCUT2D eigenvalue weighted by Gasteiger charge is -2.17. The van der Waals surface area contributed by atoms with Gasteiger partial charge in [-0.3, -0.25) is 0 Å². The molecule has 0 unspecified atom stereocenters. The quantitative estimate of drug-likeness (QED) is 0.749. The zero-order valence-electron chi connectivity index (χ0n) is 9.42. The Hall–Kier alpha value is -0.900. The average Bonchev–Trinajstić information content (AvgIpc) is 2.44. The van der Waals surface area contributed by atoms with Crippen molar-refractivity contribution in [2.24, 2.45) is 5.41 Å². The second kappa shape index (κ2) is 4.55. The lowest BCUT2D eigenvalue weighted by Crippen LogP contribution is -2.20. The van der Waals surface area contributed by atoms with Gasteiger partial charge in [-0.2, -0.15) is 0 Å². The first-order valence-corrected chi connectivity index (χ1v) is 4.98. The molecule has 1 N–H and O–H groups in total. The van der Waals surface area contributed by atoms with E-state index in [9.17, 15) is 0 Å². The van der Waals surface area contributed by atoms with Crippen LogP contribution in [0, 0.1) is 12.3 Å². The Balaban J connectivity index is 2.20. The van der Waals surface area contributed by atoms with Gasteiger partial charge in [0.2, 0.25) is 0 Å². The Morgan fingerprint density at radius 1 is 1.29 bits per heavy atom. The van der Waals surface area contributed by atoms with Crippen molar-refractivity contribution in [3.63, 3.8) is 0 Å². The van der Waals surface area contributed by atoms with Crippen LogP contribution in [-0.4, -0.2) is 16.9 Å². The van der Waals surface area contributed by atoms with Gasteiger partial charge >= 0.3 is 0 Å². The molecule has 1 heterocycles. The van der Waals surface area contributed by atoms with Crippen LogP contribution in [0.5, 0.6) is 0 Å². The molecular formula is C10H19N3O. The summed E-state index contributed by atoms with van der Waals surface area (Å²) < 4.78 is 4.60. The van der Waals surface area contributed by atoms with E-state index in [-0.39, 0.29) is 0 Å². The van der Waals surface area contributed by atoms with E-state index in [0.717, 1.165) is 30.9 Å². The summed E-state index contributed by atoms with van der Waals surface area (Å²) in [5.41, 5.74) is 2.15. The molecule has 1 aromatic heterocycles. The lowest BCUT2D eigenvalue weighted by molar-refractivity contribution is 0.299. The van der Waals surface area contributed by atoms with Gasteiger partial charge in [-0.1, -0.05) is 31.1 Å². The molecule has 0 bridgehead atoms. The van der Waals surface area contributed by atoms with Gasteiger partial charge in [-0.15, -0.1) is 0 Å². The van der Waals surface area contributed by atoms with Crippen molar-refractivity contribution in [2.75, 3.05) is 6.54 Å². The highest BCUT2D eigenvalue weighted by atomic mass is 16.6. The van der Waals surface area contributed by atoms with Gasteiger partial charge in [0.15, 0.2) is 0 Å². The highest BCUT2D eigenvalue weighted by Crippen LogP contribution is 2.16. The summed E-state index contributed by atoms with van der Waals surface area (Å²) in [5, 5.41) is 10.8. The fourth-order valence-corrected chi connectivity index (χ4v) is 1.08. The van der Waals surface area contributed by atoms with Gasteiger partial charge in [-0.05, 0) is 25.3 Å². The number of nitrogens with one attached hydrogen (secondary N) is 1. The van der Waals surface area contributed by atoms with E-state index in [1.165, 1.54) is 0 Å². The van der Waals surface area contributed by atoms with Crippen LogP contribution in [0.15, 0.2) is 4.63 Å². The second-order valence-electron chi connectivity index (χ2n) is 4.78. The molecular weight excluding hydrogens is 178 g/mol. The molecule has 0 fully saturated rings. The van der Waals surface area contributed by atoms with E-state index in [0.29, 0.717) is 5.41 Å². The lowest BCUT2D eigenvalue weighted by atomic mass is 9.92. The van der Waals surface area contributed by atoms with Gasteiger partial charge in [0.05, 0.1) is 0 Å². The highest BCUT2D eigenvalue weighted by molar-refractivity contribution is 5.03. The SMILES string of the molecule is Cc1nonc1CNCCC(C)(C)C. The van der Waals surface area contributed by atoms with Gasteiger partial charge in [0.1, 0.15) is 11.4 Å². The number of hydrogen-bond acceptors (Lipinski definition) is 4. The Labute approximate surface area is 85.0 Å². The third-order valence-electron chi connectivity index (χ3n) is 2.09. The van der Waals surface area contributed by atoms with E-state index in [2.05, 4.69) is 41.0 Å². The zero-order valence-corrected chi connectivity index (χ0v) is 9.42. The van der Waals surface area contributed by atoms with Gasteiger partial charge in [0, 0.05) is 6.54 Å². The fourth-order valence-electron chi connectivity index (χ4n) is 1.08. The van der Waals surface area contributed by atoms with Crippen molar-refractivity contribution in [1.29, 1.82) is 0 Å². The first-order chi connectivity index (χ1) is 6.49. The van der Waals surface area contributed by atoms with Crippen LogP contribution in [0.3, 0.4) is 0 Å². The average molecular weight is 197 g/mol. The molecule has 0 radical (unpaired) electrons. The van der Waals surface area contributed by atoms with Crippen LogP contribution in [-0.2, 0) is 6.54 Å². The van der Waals surface area contributed by atoms with Crippen molar-refractivity contribution in [3.8, 4) is 0 Å². The molecule has 0 aliphatic carbocycles. The Bertz CT molecular complexity index is 275. The standard InChI is InChI=1S/C10H19N3O/c1-8-9(13-14-12-8)7-11-6-5-10(2,3)4/h11H,5-7H2,1-4H3. The Morgan fingerprint density at radius 2 is 2.00 bits per heavy atom. The minimum atomic E-state index is 0.379. The molecule has 1 rings (SSSR count). The predicted octanol–water partition coefficient (Wildman–Crippen LogP) is 1.90. The van der Waals surface area contributed by atoms with Crippen LogP contribution in [0.1, 0.15) is 38.6 Å². The molecule has 0 atom stereocenters. The first-order valence-electron chi connectivity index (χ1n) is 4.98. The van der Waals surface area contributed by atoms with Gasteiger partial charge < -0.3 is 5.32 Å². The monoisotopic (exact) mass is 197 g/mol. The third kappa shape index (κ3) is 3.87. The maximum atomic E-state index is 4.60. The fraction of sp³-hybridized carbons (Fsp3) is 0.800. The first kappa shape index (κ1) is 11.2. The molecule has 0 amide bonds. The molecule has 4 nitrogen and oxygen atoms in total. The van der Waals surface area contributed by atoms with Crippen LogP contribution in [0.25, 0.3) is 0 Å². The number of aryl methyl sites for hydroxylation is 1. The third-order valence-corrected chi connectivity index (χ3v) is 2.09. The van der Waals surface area contributed by atoms with Crippen LogP contribution < -0.4 is 5.32 Å². The molecule has 4 heteroatoms. The van der Waals surface area contributed by atoms with Gasteiger partial charge in [0.25, 0.3) is 0 Å². The molecule has 80 valence electrons. The summed E-state index contributed by atoms with van der Waals surface area (Å²) in [5.74, 6) is 0. The van der Waals surface area contributed by atoms with Crippen molar-refractivity contribution >= 4 is 0 Å². The largest absolute Gasteiger partial charge is 0.311 e. The summed E-state index contributed by atoms with van der Waals surface area (Å²) in [6, 6.07) is 0. The van der Waals surface area contributed by atoms with Gasteiger partial charge in [-0.25, -0.2) is 4.63 Å². The minimum absolute atomic E-state index is 0.379. The summed E-state index contributed by atoms with van der Waals surface area (Å²) in [4.78, 5) is 0. The summed E-state index contributed by atoms with van der Waals surface area (Å²) in [6.07, 6.45) is 1.15. The smallest absolute Gasteiger partial charge is 0.121 e. The Morgan fingerprint density at radius 3 is 2.50 bits per heavy atom. The van der Waals surface area contributed by atoms with Crippen LogP contribution >= 0.6 is 0 Å². The summed E-state index contributed by atoms with van der Waals surface area (Å²) >= 11 is 0. The predicted molar refractivity (Wildman–Crippen MR) is 54.8 cm³/mol. The molecule has 14 heavy (non-hydrogen) atoms. The highest BCUT2D eigenvalue weighted by Gasteiger charge is 2.09. The van der Waals surface area contributed by atoms with E-state index in [1.807, 2.05) is 6.92 Å².